The molecule has 0 radical (unpaired) electrons. The highest BCUT2D eigenvalue weighted by atomic mass is 15.1. The van der Waals surface area contributed by atoms with E-state index in [0.717, 1.165) is 24.2 Å². The molecule has 0 amide bonds. The largest absolute Gasteiger partial charge is 0.310 e. The van der Waals surface area contributed by atoms with Crippen LogP contribution >= 0.6 is 0 Å². The quantitative estimate of drug-likeness (QED) is 0.151. The van der Waals surface area contributed by atoms with Gasteiger partial charge < -0.3 is 9.80 Å². The minimum absolute atomic E-state index is 0.0875. The number of hydrogen-bond donors (Lipinski definition) is 0. The molecular weight excluding hydrogens is 737 g/mol. The Morgan fingerprint density at radius 2 is 0.590 bits per heavy atom. The predicted molar refractivity (Wildman–Crippen MR) is 258 cm³/mol. The number of benzene rings is 8. The van der Waals surface area contributed by atoms with Crippen molar-refractivity contribution in [1.29, 1.82) is 0 Å². The molecule has 0 fully saturated rings. The molecule has 0 atom stereocenters. The van der Waals surface area contributed by atoms with E-state index in [1.54, 1.807) is 0 Å². The third-order valence-electron chi connectivity index (χ3n) is 14.7. The fourth-order valence-corrected chi connectivity index (χ4v) is 11.5. The topological polar surface area (TPSA) is 6.48 Å². The zero-order valence-corrected chi connectivity index (χ0v) is 36.1. The van der Waals surface area contributed by atoms with Gasteiger partial charge in [-0.15, -0.1) is 0 Å². The van der Waals surface area contributed by atoms with Crippen molar-refractivity contribution in [2.24, 2.45) is 0 Å². The van der Waals surface area contributed by atoms with Gasteiger partial charge in [-0.2, -0.15) is 0 Å². The zero-order chi connectivity index (χ0) is 41.7. The van der Waals surface area contributed by atoms with E-state index in [1.165, 1.54) is 89.5 Å². The fraction of sp³-hybridized carbons (Fsp3) is 0.186. The molecule has 0 unspecified atom stereocenters. The molecule has 2 heteroatoms. The highest BCUT2D eigenvalue weighted by molar-refractivity contribution is 5.91. The minimum Gasteiger partial charge on any atom is -0.310 e. The van der Waals surface area contributed by atoms with Crippen LogP contribution in [0.1, 0.15) is 87.8 Å². The summed E-state index contributed by atoms with van der Waals surface area (Å²) in [5.41, 5.74) is 23.2. The van der Waals surface area contributed by atoms with Crippen LogP contribution in [0.3, 0.4) is 0 Å². The normalized spacial score (nSPS) is 15.2. The lowest BCUT2D eigenvalue weighted by Gasteiger charge is -2.33. The van der Waals surface area contributed by atoms with Crippen LogP contribution in [0.4, 0.5) is 34.1 Å². The number of hydrogen-bond acceptors (Lipinski definition) is 2. The van der Waals surface area contributed by atoms with E-state index in [2.05, 4.69) is 233 Å². The van der Waals surface area contributed by atoms with Gasteiger partial charge in [-0.3, -0.25) is 0 Å². The summed E-state index contributed by atoms with van der Waals surface area (Å²) in [4.78, 5) is 4.93. The number of nitrogens with zero attached hydrogens (tertiary/aromatic N) is 2. The van der Waals surface area contributed by atoms with Gasteiger partial charge in [0.05, 0.1) is 0 Å². The molecule has 2 nitrogen and oxygen atoms in total. The van der Waals surface area contributed by atoms with Gasteiger partial charge in [0.2, 0.25) is 0 Å². The zero-order valence-electron chi connectivity index (χ0n) is 36.1. The van der Waals surface area contributed by atoms with Gasteiger partial charge in [0.1, 0.15) is 0 Å². The van der Waals surface area contributed by atoms with E-state index in [0.29, 0.717) is 0 Å². The van der Waals surface area contributed by atoms with Crippen LogP contribution in [-0.2, 0) is 16.2 Å². The van der Waals surface area contributed by atoms with E-state index in [9.17, 15) is 0 Å². The Morgan fingerprint density at radius 1 is 0.295 bits per heavy atom. The predicted octanol–water partition coefficient (Wildman–Crippen LogP) is 16.3. The molecule has 8 aromatic carbocycles. The average Bonchev–Trinajstić information content (AvgIpc) is 3.80. The Balaban J connectivity index is 1.04. The van der Waals surface area contributed by atoms with Crippen LogP contribution in [0.25, 0.3) is 33.4 Å². The summed E-state index contributed by atoms with van der Waals surface area (Å²) in [6, 6.07) is 68.4. The van der Waals surface area contributed by atoms with Crippen molar-refractivity contribution in [2.75, 3.05) is 9.80 Å². The van der Waals surface area contributed by atoms with Gasteiger partial charge in [0.15, 0.2) is 0 Å². The Morgan fingerprint density at radius 3 is 0.951 bits per heavy atom. The molecule has 3 aliphatic carbocycles. The molecule has 0 spiro atoms. The maximum Gasteiger partial charge on any atom is 0.0465 e. The molecule has 11 rings (SSSR count). The summed E-state index contributed by atoms with van der Waals surface area (Å²) in [6.45, 7) is 14.2. The molecule has 298 valence electrons. The SMILES string of the molecule is CCC1(CC)c2cc(N(c3ccccc3)c3ccc4c(c3)C(C)(C)c3ccccc3-4)ccc2-c2ccc(N(c3ccccc3)c3ccc4c(c3)C(C)(C)c3ccccc3-4)cc21. The fourth-order valence-electron chi connectivity index (χ4n) is 11.5. The molecule has 0 saturated heterocycles. The van der Waals surface area contributed by atoms with Crippen LogP contribution < -0.4 is 9.80 Å². The average molecular weight is 789 g/mol. The summed E-state index contributed by atoms with van der Waals surface area (Å²) in [5.74, 6) is 0. The first-order valence-electron chi connectivity index (χ1n) is 22.1. The third kappa shape index (κ3) is 5.41. The second-order valence-electron chi connectivity index (χ2n) is 18.4. The Labute approximate surface area is 361 Å². The van der Waals surface area contributed by atoms with Crippen molar-refractivity contribution in [3.8, 4) is 33.4 Å². The van der Waals surface area contributed by atoms with Crippen molar-refractivity contribution >= 4 is 34.1 Å². The molecule has 0 heterocycles. The first-order chi connectivity index (χ1) is 29.7. The lowest BCUT2D eigenvalue weighted by molar-refractivity contribution is 0.490. The Hall–Kier alpha value is -6.64. The summed E-state index contributed by atoms with van der Waals surface area (Å²) >= 11 is 0. The van der Waals surface area contributed by atoms with Gasteiger partial charge in [-0.25, -0.2) is 0 Å². The van der Waals surface area contributed by atoms with Crippen molar-refractivity contribution in [3.05, 3.63) is 215 Å². The highest BCUT2D eigenvalue weighted by Crippen LogP contribution is 2.57. The van der Waals surface area contributed by atoms with Gasteiger partial charge in [0, 0.05) is 50.4 Å². The van der Waals surface area contributed by atoms with Crippen LogP contribution in [-0.4, -0.2) is 0 Å². The van der Waals surface area contributed by atoms with E-state index < -0.39 is 0 Å². The van der Waals surface area contributed by atoms with Gasteiger partial charge in [-0.05, 0) is 152 Å². The highest BCUT2D eigenvalue weighted by Gasteiger charge is 2.42. The van der Waals surface area contributed by atoms with E-state index in [-0.39, 0.29) is 16.2 Å². The van der Waals surface area contributed by atoms with Crippen molar-refractivity contribution in [2.45, 2.75) is 70.6 Å². The Bertz CT molecular complexity index is 2800. The minimum atomic E-state index is -0.148. The lowest BCUT2D eigenvalue weighted by Crippen LogP contribution is -2.24. The van der Waals surface area contributed by atoms with Crippen molar-refractivity contribution in [1.82, 2.24) is 0 Å². The van der Waals surface area contributed by atoms with E-state index >= 15 is 0 Å². The second-order valence-corrected chi connectivity index (χ2v) is 18.4. The van der Waals surface area contributed by atoms with Crippen LogP contribution in [0.2, 0.25) is 0 Å². The maximum absolute atomic E-state index is 2.51. The van der Waals surface area contributed by atoms with Crippen molar-refractivity contribution < 1.29 is 0 Å². The summed E-state index contributed by atoms with van der Waals surface area (Å²) in [5, 5.41) is 0. The molecule has 8 aromatic rings. The number of rotatable bonds is 8. The summed E-state index contributed by atoms with van der Waals surface area (Å²) in [7, 11) is 0. The van der Waals surface area contributed by atoms with Crippen LogP contribution in [0.15, 0.2) is 182 Å². The lowest BCUT2D eigenvalue weighted by atomic mass is 9.73. The summed E-state index contributed by atoms with van der Waals surface area (Å²) in [6.07, 6.45) is 2.01. The Kier molecular flexibility index (Phi) is 8.39. The maximum atomic E-state index is 2.51. The van der Waals surface area contributed by atoms with E-state index in [4.69, 9.17) is 0 Å². The molecule has 3 aliphatic rings. The number of para-hydroxylation sites is 2. The standard InChI is InChI=1S/C59H52N2/c1-7-59(8-2)55-37-43(60(39-19-11-9-12-20-39)41-27-31-47-45-23-15-17-25-51(45)57(3,4)53(47)35-41)29-33-49(55)50-34-30-44(38-56(50)59)61(40-21-13-10-14-22-40)42-28-32-48-46-24-16-18-26-52(46)58(5,6)54(48)36-42/h9-38H,7-8H2,1-6H3. The van der Waals surface area contributed by atoms with Crippen LogP contribution in [0.5, 0.6) is 0 Å². The first kappa shape index (κ1) is 37.4. The molecule has 0 N–H and O–H groups in total. The van der Waals surface area contributed by atoms with Crippen LogP contribution in [0, 0.1) is 0 Å². The van der Waals surface area contributed by atoms with Gasteiger partial charge in [-0.1, -0.05) is 151 Å². The van der Waals surface area contributed by atoms with Crippen molar-refractivity contribution in [3.63, 3.8) is 0 Å². The molecule has 0 saturated carbocycles. The molecular formula is C59H52N2. The molecule has 0 bridgehead atoms. The van der Waals surface area contributed by atoms with Gasteiger partial charge >= 0.3 is 0 Å². The number of fused-ring (bicyclic) bond motifs is 9. The summed E-state index contributed by atoms with van der Waals surface area (Å²) < 4.78 is 0. The number of anilines is 6. The first-order valence-corrected chi connectivity index (χ1v) is 22.1. The second kappa shape index (κ2) is 13.7. The third-order valence-corrected chi connectivity index (χ3v) is 14.7. The van der Waals surface area contributed by atoms with E-state index in [1.807, 2.05) is 0 Å². The smallest absolute Gasteiger partial charge is 0.0465 e. The molecule has 0 aliphatic heterocycles. The monoisotopic (exact) mass is 788 g/mol. The molecule has 0 aromatic heterocycles. The van der Waals surface area contributed by atoms with Gasteiger partial charge in [0.25, 0.3) is 0 Å². The molecule has 61 heavy (non-hydrogen) atoms.